The summed E-state index contributed by atoms with van der Waals surface area (Å²) in [7, 11) is 0. The van der Waals surface area contributed by atoms with Crippen LogP contribution in [0.2, 0.25) is 0 Å². The summed E-state index contributed by atoms with van der Waals surface area (Å²) in [5, 5.41) is 20.1. The van der Waals surface area contributed by atoms with E-state index in [0.29, 0.717) is 16.9 Å². The molecule has 2 N–H and O–H groups in total. The Morgan fingerprint density at radius 3 is 2.58 bits per heavy atom. The van der Waals surface area contributed by atoms with Gasteiger partial charge in [0, 0.05) is 5.56 Å². The number of benzene rings is 2. The van der Waals surface area contributed by atoms with Crippen molar-refractivity contribution in [3.63, 3.8) is 0 Å². The molecule has 2 aromatic carbocycles. The first-order valence-electron chi connectivity index (χ1n) is 5.64. The van der Waals surface area contributed by atoms with Gasteiger partial charge in [0.2, 0.25) is 0 Å². The predicted molar refractivity (Wildman–Crippen MR) is 67.9 cm³/mol. The molecule has 5 nitrogen and oxygen atoms in total. The Kier molecular flexibility index (Phi) is 2.45. The molecule has 0 fully saturated rings. The Morgan fingerprint density at radius 1 is 1.16 bits per heavy atom. The molecule has 0 spiro atoms. The smallest absolute Gasteiger partial charge is 0.335 e. The van der Waals surface area contributed by atoms with Crippen molar-refractivity contribution < 1.29 is 15.0 Å². The number of aromatic nitrogens is 2. The molecule has 3 aromatic rings. The molecule has 19 heavy (non-hydrogen) atoms. The maximum Gasteiger partial charge on any atom is 0.335 e. The second kappa shape index (κ2) is 4.13. The monoisotopic (exact) mass is 253 g/mol. The summed E-state index contributed by atoms with van der Waals surface area (Å²) in [6.07, 6.45) is 0. The van der Waals surface area contributed by atoms with E-state index >= 15 is 0 Å². The maximum atomic E-state index is 11.2. The lowest BCUT2D eigenvalue weighted by Crippen LogP contribution is -1.95. The third-order valence-electron chi connectivity index (χ3n) is 2.86. The predicted octanol–water partition coefficient (Wildman–Crippen LogP) is 2.00. The normalized spacial score (nSPS) is 10.7. The molecule has 1 heterocycles. The van der Waals surface area contributed by atoms with Crippen molar-refractivity contribution in [3.8, 4) is 17.1 Å². The second-order valence-electron chi connectivity index (χ2n) is 4.15. The van der Waals surface area contributed by atoms with Crippen LogP contribution in [0.1, 0.15) is 10.4 Å². The van der Waals surface area contributed by atoms with E-state index in [4.69, 9.17) is 5.11 Å². The van der Waals surface area contributed by atoms with Gasteiger partial charge in [0.1, 0.15) is 5.82 Å². The number of aromatic carboxylic acids is 1. The Balaban J connectivity index is 2.06. The SMILES string of the molecule is O=C(O)c1ccc(-c2nc3ccc([O-])cc3[nH]2)cc1. The molecule has 0 saturated carbocycles. The van der Waals surface area contributed by atoms with Gasteiger partial charge in [-0.2, -0.15) is 0 Å². The molecule has 0 saturated heterocycles. The summed E-state index contributed by atoms with van der Waals surface area (Å²) >= 11 is 0. The minimum Gasteiger partial charge on any atom is -0.872 e. The van der Waals surface area contributed by atoms with Crippen molar-refractivity contribution in [2.24, 2.45) is 0 Å². The molecule has 0 radical (unpaired) electrons. The number of carboxylic acid groups (broad SMARTS) is 1. The zero-order valence-electron chi connectivity index (χ0n) is 9.75. The van der Waals surface area contributed by atoms with Gasteiger partial charge in [0.15, 0.2) is 0 Å². The number of hydrogen-bond donors (Lipinski definition) is 2. The molecule has 1 aromatic heterocycles. The lowest BCUT2D eigenvalue weighted by molar-refractivity contribution is -0.268. The van der Waals surface area contributed by atoms with E-state index in [2.05, 4.69) is 9.97 Å². The molecule has 94 valence electrons. The van der Waals surface area contributed by atoms with Gasteiger partial charge in [0.05, 0.1) is 16.6 Å². The van der Waals surface area contributed by atoms with Gasteiger partial charge in [-0.1, -0.05) is 18.2 Å². The number of carboxylic acids is 1. The summed E-state index contributed by atoms with van der Waals surface area (Å²) in [6.45, 7) is 0. The molecular weight excluding hydrogens is 244 g/mol. The average Bonchev–Trinajstić information content (AvgIpc) is 2.81. The summed E-state index contributed by atoms with van der Waals surface area (Å²) in [5.41, 5.74) is 2.37. The first-order valence-corrected chi connectivity index (χ1v) is 5.64. The Morgan fingerprint density at radius 2 is 1.89 bits per heavy atom. The van der Waals surface area contributed by atoms with Gasteiger partial charge in [-0.05, 0) is 24.3 Å². The molecule has 0 aliphatic carbocycles. The van der Waals surface area contributed by atoms with Crippen molar-refractivity contribution in [2.75, 3.05) is 0 Å². The number of nitrogens with zero attached hydrogens (tertiary/aromatic N) is 1. The molecule has 5 heteroatoms. The number of fused-ring (bicyclic) bond motifs is 1. The fourth-order valence-electron chi connectivity index (χ4n) is 1.90. The van der Waals surface area contributed by atoms with Gasteiger partial charge in [-0.15, -0.1) is 5.75 Å². The second-order valence-corrected chi connectivity index (χ2v) is 4.15. The Labute approximate surface area is 108 Å². The molecule has 0 unspecified atom stereocenters. The number of nitrogens with one attached hydrogen (secondary N) is 1. The van der Waals surface area contributed by atoms with Gasteiger partial charge < -0.3 is 15.2 Å². The standard InChI is InChI=1S/C14H10N2O3/c17-10-5-6-11-12(7-10)16-13(15-11)8-1-3-9(4-2-8)14(18)19/h1-7,17H,(H,15,16)(H,18,19)/p-1. The highest BCUT2D eigenvalue weighted by molar-refractivity contribution is 5.88. The zero-order valence-corrected chi connectivity index (χ0v) is 9.75. The number of carbonyl (C=O) groups is 1. The Hall–Kier alpha value is -2.82. The van der Waals surface area contributed by atoms with E-state index in [1.165, 1.54) is 24.3 Å². The van der Waals surface area contributed by atoms with Crippen LogP contribution in [0.15, 0.2) is 42.5 Å². The molecule has 3 rings (SSSR count). The number of rotatable bonds is 2. The Bertz CT molecular complexity index is 760. The van der Waals surface area contributed by atoms with E-state index in [0.717, 1.165) is 5.56 Å². The maximum absolute atomic E-state index is 11.2. The van der Waals surface area contributed by atoms with Crippen LogP contribution < -0.4 is 5.11 Å². The molecule has 0 amide bonds. The highest BCUT2D eigenvalue weighted by atomic mass is 16.4. The van der Waals surface area contributed by atoms with E-state index in [1.54, 1.807) is 18.2 Å². The number of imidazole rings is 1. The lowest BCUT2D eigenvalue weighted by atomic mass is 10.1. The van der Waals surface area contributed by atoms with Gasteiger partial charge >= 0.3 is 5.97 Å². The molecule has 0 atom stereocenters. The van der Waals surface area contributed by atoms with Crippen LogP contribution in [0.25, 0.3) is 22.4 Å². The van der Waals surface area contributed by atoms with Gasteiger partial charge in [-0.25, -0.2) is 9.78 Å². The summed E-state index contributed by atoms with van der Waals surface area (Å²) in [5.74, 6) is -0.436. The van der Waals surface area contributed by atoms with Crippen molar-refractivity contribution in [1.82, 2.24) is 9.97 Å². The molecule has 0 aliphatic rings. The quantitative estimate of drug-likeness (QED) is 0.731. The lowest BCUT2D eigenvalue weighted by Gasteiger charge is -2.01. The number of aromatic amines is 1. The first-order chi connectivity index (χ1) is 9.13. The van der Waals surface area contributed by atoms with Crippen LogP contribution in [0, 0.1) is 0 Å². The zero-order chi connectivity index (χ0) is 13.4. The minimum absolute atomic E-state index is 0.0797. The van der Waals surface area contributed by atoms with Crippen molar-refractivity contribution >= 4 is 17.0 Å². The van der Waals surface area contributed by atoms with Gasteiger partial charge in [0.25, 0.3) is 0 Å². The highest BCUT2D eigenvalue weighted by Crippen LogP contribution is 2.22. The van der Waals surface area contributed by atoms with Crippen LogP contribution in [-0.4, -0.2) is 21.0 Å². The summed E-state index contributed by atoms with van der Waals surface area (Å²) in [6, 6.07) is 11.0. The van der Waals surface area contributed by atoms with E-state index < -0.39 is 5.97 Å². The first kappa shape index (κ1) is 11.3. The topological polar surface area (TPSA) is 89.0 Å². The van der Waals surface area contributed by atoms with E-state index in [1.807, 2.05) is 0 Å². The molecule has 0 bridgehead atoms. The van der Waals surface area contributed by atoms with Crippen molar-refractivity contribution in [1.29, 1.82) is 0 Å². The van der Waals surface area contributed by atoms with Gasteiger partial charge in [-0.3, -0.25) is 0 Å². The van der Waals surface area contributed by atoms with Crippen LogP contribution in [-0.2, 0) is 0 Å². The number of hydrogen-bond acceptors (Lipinski definition) is 3. The van der Waals surface area contributed by atoms with Crippen molar-refractivity contribution in [3.05, 3.63) is 48.0 Å². The van der Waals surface area contributed by atoms with Crippen LogP contribution >= 0.6 is 0 Å². The third-order valence-corrected chi connectivity index (χ3v) is 2.86. The highest BCUT2D eigenvalue weighted by Gasteiger charge is 2.06. The minimum atomic E-state index is -0.966. The van der Waals surface area contributed by atoms with Crippen molar-refractivity contribution in [2.45, 2.75) is 0 Å². The average molecular weight is 253 g/mol. The summed E-state index contributed by atoms with van der Waals surface area (Å²) in [4.78, 5) is 18.2. The fraction of sp³-hybridized carbons (Fsp3) is 0. The number of H-pyrrole nitrogens is 1. The van der Waals surface area contributed by atoms with E-state index in [-0.39, 0.29) is 11.3 Å². The third kappa shape index (κ3) is 2.01. The van der Waals surface area contributed by atoms with Crippen LogP contribution in [0.4, 0.5) is 0 Å². The fourth-order valence-corrected chi connectivity index (χ4v) is 1.90. The van der Waals surface area contributed by atoms with Crippen LogP contribution in [0.5, 0.6) is 5.75 Å². The van der Waals surface area contributed by atoms with E-state index in [9.17, 15) is 9.90 Å². The molecular formula is C14H9N2O3-. The largest absolute Gasteiger partial charge is 0.872 e. The summed E-state index contributed by atoms with van der Waals surface area (Å²) < 4.78 is 0. The van der Waals surface area contributed by atoms with Crippen LogP contribution in [0.3, 0.4) is 0 Å². The molecule has 0 aliphatic heterocycles.